The summed E-state index contributed by atoms with van der Waals surface area (Å²) in [5.74, 6) is -0.0932. The molecule has 1 aliphatic carbocycles. The van der Waals surface area contributed by atoms with Gasteiger partial charge in [-0.2, -0.15) is 0 Å². The lowest BCUT2D eigenvalue weighted by Crippen LogP contribution is -2.52. The van der Waals surface area contributed by atoms with E-state index in [4.69, 9.17) is 5.73 Å². The lowest BCUT2D eigenvalue weighted by molar-refractivity contribution is -0.123. The van der Waals surface area contributed by atoms with Crippen molar-refractivity contribution in [3.8, 4) is 0 Å². The van der Waals surface area contributed by atoms with Crippen molar-refractivity contribution in [2.24, 2.45) is 5.73 Å². The van der Waals surface area contributed by atoms with Gasteiger partial charge in [0.05, 0.1) is 0 Å². The molecule has 4 nitrogen and oxygen atoms in total. The number of carbonyl (C=O) groups is 1. The summed E-state index contributed by atoms with van der Waals surface area (Å²) in [6.45, 7) is 0.680. The molecule has 1 amide bonds. The van der Waals surface area contributed by atoms with E-state index < -0.39 is 6.04 Å². The highest BCUT2D eigenvalue weighted by atomic mass is 16.2. The van der Waals surface area contributed by atoms with Crippen LogP contribution in [0.25, 0.3) is 0 Å². The van der Waals surface area contributed by atoms with Gasteiger partial charge in [-0.1, -0.05) is 43.2 Å². The number of nitrogens with one attached hydrogen (secondary N) is 1. The summed E-state index contributed by atoms with van der Waals surface area (Å²) < 4.78 is 0. The van der Waals surface area contributed by atoms with Crippen molar-refractivity contribution in [3.05, 3.63) is 35.9 Å². The summed E-state index contributed by atoms with van der Waals surface area (Å²) in [6, 6.07) is 8.93. The van der Waals surface area contributed by atoms with Crippen LogP contribution in [0, 0.1) is 0 Å². The van der Waals surface area contributed by atoms with Crippen molar-refractivity contribution < 1.29 is 4.79 Å². The first kappa shape index (κ1) is 15.0. The maximum Gasteiger partial charge on any atom is 0.241 e. The van der Waals surface area contributed by atoms with Crippen LogP contribution in [0.5, 0.6) is 0 Å². The third kappa shape index (κ3) is 3.19. The zero-order chi connectivity index (χ0) is 14.6. The van der Waals surface area contributed by atoms with Gasteiger partial charge in [0.2, 0.25) is 5.91 Å². The molecule has 0 aliphatic heterocycles. The average Bonchev–Trinajstić information content (AvgIpc) is 2.95. The topological polar surface area (TPSA) is 58.4 Å². The molecule has 110 valence electrons. The minimum absolute atomic E-state index is 0.0932. The molecular weight excluding hydrogens is 250 g/mol. The van der Waals surface area contributed by atoms with E-state index in [9.17, 15) is 4.79 Å². The maximum atomic E-state index is 12.2. The molecule has 0 bridgehead atoms. The number of likely N-dealkylation sites (N-methyl/N-ethyl adjacent to an activating group) is 1. The summed E-state index contributed by atoms with van der Waals surface area (Å²) >= 11 is 0. The zero-order valence-corrected chi connectivity index (χ0v) is 12.4. The van der Waals surface area contributed by atoms with E-state index in [1.165, 1.54) is 12.8 Å². The van der Waals surface area contributed by atoms with Gasteiger partial charge >= 0.3 is 0 Å². The quantitative estimate of drug-likeness (QED) is 0.859. The Hall–Kier alpha value is -1.39. The van der Waals surface area contributed by atoms with E-state index in [0.717, 1.165) is 18.4 Å². The molecule has 1 atom stereocenters. The van der Waals surface area contributed by atoms with Gasteiger partial charge in [0.15, 0.2) is 0 Å². The smallest absolute Gasteiger partial charge is 0.241 e. The number of hydrogen-bond donors (Lipinski definition) is 2. The SMILES string of the molecule is CN(C)C1(CNC(=O)[C@H](N)c2ccccc2)CCCC1. The highest BCUT2D eigenvalue weighted by molar-refractivity contribution is 5.82. The minimum Gasteiger partial charge on any atom is -0.353 e. The van der Waals surface area contributed by atoms with Gasteiger partial charge in [-0.25, -0.2) is 0 Å². The second kappa shape index (κ2) is 6.37. The number of nitrogens with zero attached hydrogens (tertiary/aromatic N) is 1. The molecule has 0 spiro atoms. The lowest BCUT2D eigenvalue weighted by atomic mass is 9.95. The molecule has 0 saturated heterocycles. The molecule has 0 radical (unpaired) electrons. The van der Waals surface area contributed by atoms with E-state index >= 15 is 0 Å². The number of hydrogen-bond acceptors (Lipinski definition) is 3. The zero-order valence-electron chi connectivity index (χ0n) is 12.4. The Balaban J connectivity index is 1.95. The van der Waals surface area contributed by atoms with E-state index in [2.05, 4.69) is 24.3 Å². The van der Waals surface area contributed by atoms with Crippen LogP contribution in [0.3, 0.4) is 0 Å². The second-order valence-corrected chi connectivity index (χ2v) is 5.93. The molecule has 3 N–H and O–H groups in total. The van der Waals surface area contributed by atoms with Crippen LogP contribution >= 0.6 is 0 Å². The molecule has 20 heavy (non-hydrogen) atoms. The van der Waals surface area contributed by atoms with E-state index in [0.29, 0.717) is 6.54 Å². The van der Waals surface area contributed by atoms with Crippen LogP contribution in [0.15, 0.2) is 30.3 Å². The monoisotopic (exact) mass is 275 g/mol. The highest BCUT2D eigenvalue weighted by Crippen LogP contribution is 2.33. The third-order valence-electron chi connectivity index (χ3n) is 4.52. The Morgan fingerprint density at radius 1 is 1.30 bits per heavy atom. The van der Waals surface area contributed by atoms with Crippen molar-refractivity contribution in [2.75, 3.05) is 20.6 Å². The Bertz CT molecular complexity index is 438. The van der Waals surface area contributed by atoms with Gasteiger partial charge in [0, 0.05) is 12.1 Å². The van der Waals surface area contributed by atoms with Gasteiger partial charge < -0.3 is 16.0 Å². The van der Waals surface area contributed by atoms with Crippen molar-refractivity contribution in [1.82, 2.24) is 10.2 Å². The van der Waals surface area contributed by atoms with Gasteiger partial charge in [-0.15, -0.1) is 0 Å². The first-order valence-corrected chi connectivity index (χ1v) is 7.31. The van der Waals surface area contributed by atoms with Crippen molar-refractivity contribution in [1.29, 1.82) is 0 Å². The lowest BCUT2D eigenvalue weighted by Gasteiger charge is -2.36. The van der Waals surface area contributed by atoms with Crippen LogP contribution in [0.4, 0.5) is 0 Å². The number of carbonyl (C=O) groups excluding carboxylic acids is 1. The van der Waals surface area contributed by atoms with Gasteiger partial charge in [-0.3, -0.25) is 4.79 Å². The Kier molecular flexibility index (Phi) is 4.78. The van der Waals surface area contributed by atoms with Crippen molar-refractivity contribution in [2.45, 2.75) is 37.3 Å². The van der Waals surface area contributed by atoms with Crippen LogP contribution in [0.1, 0.15) is 37.3 Å². The molecule has 0 heterocycles. The molecule has 0 aromatic heterocycles. The van der Waals surface area contributed by atoms with E-state index in [1.807, 2.05) is 30.3 Å². The molecule has 1 aromatic rings. The normalized spacial score (nSPS) is 19.0. The molecule has 1 aromatic carbocycles. The highest BCUT2D eigenvalue weighted by Gasteiger charge is 2.36. The third-order valence-corrected chi connectivity index (χ3v) is 4.52. The predicted octanol–water partition coefficient (Wildman–Crippen LogP) is 1.68. The first-order valence-electron chi connectivity index (χ1n) is 7.31. The number of nitrogens with two attached hydrogens (primary N) is 1. The molecule has 2 rings (SSSR count). The van der Waals surface area contributed by atoms with Gasteiger partial charge in [-0.05, 0) is 32.5 Å². The fourth-order valence-electron chi connectivity index (χ4n) is 2.99. The minimum atomic E-state index is -0.586. The second-order valence-electron chi connectivity index (χ2n) is 5.93. The number of amides is 1. The van der Waals surface area contributed by atoms with Crippen molar-refractivity contribution >= 4 is 5.91 Å². The van der Waals surface area contributed by atoms with Crippen LogP contribution in [-0.2, 0) is 4.79 Å². The van der Waals surface area contributed by atoms with Gasteiger partial charge in [0.25, 0.3) is 0 Å². The Labute approximate surface area is 121 Å². The van der Waals surface area contributed by atoms with Crippen molar-refractivity contribution in [3.63, 3.8) is 0 Å². The summed E-state index contributed by atoms with van der Waals surface area (Å²) in [7, 11) is 4.18. The Morgan fingerprint density at radius 3 is 2.45 bits per heavy atom. The molecular formula is C16H25N3O. The first-order chi connectivity index (χ1) is 9.55. The maximum absolute atomic E-state index is 12.2. The summed E-state index contributed by atoms with van der Waals surface area (Å²) in [5.41, 5.74) is 6.98. The average molecular weight is 275 g/mol. The number of rotatable bonds is 5. The van der Waals surface area contributed by atoms with E-state index in [-0.39, 0.29) is 11.4 Å². The molecule has 0 unspecified atom stereocenters. The van der Waals surface area contributed by atoms with Crippen LogP contribution in [-0.4, -0.2) is 37.0 Å². The van der Waals surface area contributed by atoms with Crippen LogP contribution in [0.2, 0.25) is 0 Å². The van der Waals surface area contributed by atoms with Gasteiger partial charge in [0.1, 0.15) is 6.04 Å². The fraction of sp³-hybridized carbons (Fsp3) is 0.562. The van der Waals surface area contributed by atoms with E-state index in [1.54, 1.807) is 0 Å². The molecule has 1 fully saturated rings. The van der Waals surface area contributed by atoms with Crippen LogP contribution < -0.4 is 11.1 Å². The molecule has 4 heteroatoms. The standard InChI is InChI=1S/C16H25N3O/c1-19(2)16(10-6-7-11-16)12-18-15(20)14(17)13-8-4-3-5-9-13/h3-5,8-9,14H,6-7,10-12,17H2,1-2H3,(H,18,20)/t14-/m1/s1. The predicted molar refractivity (Wildman–Crippen MR) is 81.3 cm³/mol. The summed E-state index contributed by atoms with van der Waals surface area (Å²) in [5, 5.41) is 3.04. The Morgan fingerprint density at radius 2 is 1.90 bits per heavy atom. The fourth-order valence-corrected chi connectivity index (χ4v) is 2.99. The largest absolute Gasteiger partial charge is 0.353 e. The summed E-state index contributed by atoms with van der Waals surface area (Å²) in [6.07, 6.45) is 4.75. The number of benzene rings is 1. The molecule has 1 aliphatic rings. The molecule has 1 saturated carbocycles. The summed E-state index contributed by atoms with van der Waals surface area (Å²) in [4.78, 5) is 14.5.